The van der Waals surface area contributed by atoms with E-state index in [0.29, 0.717) is 65.0 Å². The van der Waals surface area contributed by atoms with Crippen molar-refractivity contribution in [3.8, 4) is 11.4 Å². The molecule has 6 aromatic carbocycles. The van der Waals surface area contributed by atoms with Crippen molar-refractivity contribution in [3.63, 3.8) is 0 Å². The van der Waals surface area contributed by atoms with Gasteiger partial charge in [-0.15, -0.1) is 0 Å². The fourth-order valence-electron chi connectivity index (χ4n) is 7.35. The molecule has 0 saturated carbocycles. The Labute approximate surface area is 290 Å². The molecule has 0 bridgehead atoms. The molecule has 0 amide bonds. The van der Waals surface area contributed by atoms with Crippen molar-refractivity contribution in [1.82, 2.24) is 9.13 Å². The summed E-state index contributed by atoms with van der Waals surface area (Å²) in [4.78, 5) is 0. The minimum absolute atomic E-state index is 0.442. The number of para-hydroxylation sites is 2. The summed E-state index contributed by atoms with van der Waals surface area (Å²) in [6.45, 7) is -0.903. The van der Waals surface area contributed by atoms with Gasteiger partial charge in [0, 0.05) is 32.0 Å². The van der Waals surface area contributed by atoms with Gasteiger partial charge in [0.1, 0.15) is 13.5 Å². The van der Waals surface area contributed by atoms with E-state index in [-0.39, 0.29) is 0 Å². The van der Waals surface area contributed by atoms with Gasteiger partial charge in [-0.3, -0.25) is 0 Å². The lowest BCUT2D eigenvalue weighted by Gasteiger charge is -2.25. The molecule has 0 unspecified atom stereocenters. The van der Waals surface area contributed by atoms with Crippen molar-refractivity contribution in [2.75, 3.05) is 0 Å². The molecule has 0 aliphatic heterocycles. The number of rotatable bonds is 9. The zero-order chi connectivity index (χ0) is 34.3. The van der Waals surface area contributed by atoms with Crippen LogP contribution in [0.15, 0.2) is 170 Å². The molecule has 50 heavy (non-hydrogen) atoms. The van der Waals surface area contributed by atoms with Crippen LogP contribution in [0, 0.1) is 0 Å². The number of aliphatic hydroxyl groups is 2. The van der Waals surface area contributed by atoms with Gasteiger partial charge >= 0.3 is 0 Å². The molecule has 0 radical (unpaired) electrons. The van der Waals surface area contributed by atoms with Gasteiger partial charge in [0.15, 0.2) is 14.3 Å². The highest BCUT2D eigenvalue weighted by Gasteiger charge is 2.42. The molecule has 2 aromatic heterocycles. The highest BCUT2D eigenvalue weighted by Crippen LogP contribution is 2.52. The van der Waals surface area contributed by atoms with E-state index >= 15 is 9.13 Å². The second kappa shape index (κ2) is 12.9. The summed E-state index contributed by atoms with van der Waals surface area (Å²) < 4.78 is 36.4. The molecular weight excluding hydrogens is 658 g/mol. The van der Waals surface area contributed by atoms with Crippen LogP contribution in [0.4, 0.5) is 0 Å². The molecule has 0 aliphatic carbocycles. The standard InChI is InChI=1S/C42H34N2O4P2/c45-29-43-37-27-15-13-25-35(37)41(49(47,31-17-5-1-6-18-31)32-19-7-2-8-20-32)39(43)40-42(36-26-14-16-28-38(36)44(40)30-46)50(48,33-21-9-3-10-22-33)34-23-11-4-12-24-34/h1-28,45-46H,29-30H2. The highest BCUT2D eigenvalue weighted by atomic mass is 31.2. The van der Waals surface area contributed by atoms with Crippen molar-refractivity contribution < 1.29 is 19.3 Å². The van der Waals surface area contributed by atoms with Crippen molar-refractivity contribution in [1.29, 1.82) is 0 Å². The quantitative estimate of drug-likeness (QED) is 0.171. The topological polar surface area (TPSA) is 84.5 Å². The first kappa shape index (κ1) is 32.0. The van der Waals surface area contributed by atoms with E-state index in [1.165, 1.54) is 0 Å². The Hall–Kier alpha value is -5.22. The average molecular weight is 693 g/mol. The fraction of sp³-hybridized carbons (Fsp3) is 0.0476. The lowest BCUT2D eigenvalue weighted by Crippen LogP contribution is -2.30. The number of fused-ring (bicyclic) bond motifs is 2. The van der Waals surface area contributed by atoms with Crippen molar-refractivity contribution in [3.05, 3.63) is 170 Å². The van der Waals surface area contributed by atoms with Gasteiger partial charge in [-0.25, -0.2) is 0 Å². The predicted octanol–water partition coefficient (Wildman–Crippen LogP) is 6.44. The monoisotopic (exact) mass is 692 g/mol. The smallest absolute Gasteiger partial charge is 0.173 e. The van der Waals surface area contributed by atoms with Crippen LogP contribution < -0.4 is 31.8 Å². The van der Waals surface area contributed by atoms with E-state index < -0.39 is 27.7 Å². The molecule has 246 valence electrons. The first-order valence-electron chi connectivity index (χ1n) is 16.4. The van der Waals surface area contributed by atoms with E-state index in [2.05, 4.69) is 0 Å². The largest absolute Gasteiger partial charge is 0.376 e. The first-order chi connectivity index (χ1) is 24.5. The van der Waals surface area contributed by atoms with Crippen LogP contribution in [0.2, 0.25) is 0 Å². The predicted molar refractivity (Wildman–Crippen MR) is 206 cm³/mol. The molecule has 8 rings (SSSR count). The van der Waals surface area contributed by atoms with Crippen LogP contribution >= 0.6 is 14.3 Å². The average Bonchev–Trinajstić information content (AvgIpc) is 3.71. The lowest BCUT2D eigenvalue weighted by molar-refractivity contribution is 0.211. The molecule has 8 aromatic rings. The molecule has 2 N–H and O–H groups in total. The number of aromatic nitrogens is 2. The lowest BCUT2D eigenvalue weighted by atomic mass is 10.2. The minimum Gasteiger partial charge on any atom is -0.376 e. The third-order valence-electron chi connectivity index (χ3n) is 9.50. The van der Waals surface area contributed by atoms with Crippen LogP contribution in [-0.2, 0) is 22.6 Å². The van der Waals surface area contributed by atoms with E-state index in [4.69, 9.17) is 0 Å². The molecule has 0 fully saturated rings. The van der Waals surface area contributed by atoms with E-state index in [1.807, 2.05) is 170 Å². The third-order valence-corrected chi connectivity index (χ3v) is 15.8. The van der Waals surface area contributed by atoms with Gasteiger partial charge in [-0.1, -0.05) is 158 Å². The summed E-state index contributed by atoms with van der Waals surface area (Å²) in [6.07, 6.45) is 0. The first-order valence-corrected chi connectivity index (χ1v) is 19.8. The molecule has 0 aliphatic rings. The Balaban J connectivity index is 1.63. The Bertz CT molecular complexity index is 2300. The SMILES string of the molecule is O=P(c1ccccc1)(c1ccccc1)c1c(-c2c(P(=O)(c3ccccc3)c3ccccc3)c3ccccc3n2CO)n(CO)c2ccccc12. The molecule has 2 heterocycles. The zero-order valence-electron chi connectivity index (χ0n) is 27.1. The maximum atomic E-state index is 16.4. The molecular formula is C42H34N2O4P2. The summed E-state index contributed by atoms with van der Waals surface area (Å²) in [7, 11) is -7.45. The Morgan fingerprint density at radius 2 is 0.640 bits per heavy atom. The zero-order valence-corrected chi connectivity index (χ0v) is 28.9. The van der Waals surface area contributed by atoms with Crippen molar-refractivity contribution in [2.45, 2.75) is 13.5 Å². The summed E-state index contributed by atoms with van der Waals surface area (Å²) in [6, 6.07) is 52.9. The van der Waals surface area contributed by atoms with E-state index in [0.717, 1.165) is 0 Å². The van der Waals surface area contributed by atoms with Crippen LogP contribution in [0.3, 0.4) is 0 Å². The second-order valence-electron chi connectivity index (χ2n) is 12.1. The Morgan fingerprint density at radius 3 is 0.920 bits per heavy atom. The molecule has 0 spiro atoms. The van der Waals surface area contributed by atoms with Crippen molar-refractivity contribution >= 4 is 67.9 Å². The van der Waals surface area contributed by atoms with Crippen LogP contribution in [0.1, 0.15) is 0 Å². The maximum Gasteiger partial charge on any atom is 0.173 e. The van der Waals surface area contributed by atoms with Crippen molar-refractivity contribution in [2.24, 2.45) is 0 Å². The van der Waals surface area contributed by atoms with Gasteiger partial charge in [-0.2, -0.15) is 0 Å². The van der Waals surface area contributed by atoms with Gasteiger partial charge in [-0.05, 0) is 12.1 Å². The number of aliphatic hydroxyl groups excluding tert-OH is 2. The van der Waals surface area contributed by atoms with Crippen LogP contribution in [0.5, 0.6) is 0 Å². The van der Waals surface area contributed by atoms with E-state index in [9.17, 15) is 10.2 Å². The van der Waals surface area contributed by atoms with E-state index in [1.54, 1.807) is 9.13 Å². The Kier molecular flexibility index (Phi) is 8.27. The van der Waals surface area contributed by atoms with Gasteiger partial charge in [0.25, 0.3) is 0 Å². The third kappa shape index (κ3) is 4.80. The fourth-order valence-corrected chi connectivity index (χ4v) is 13.5. The summed E-state index contributed by atoms with van der Waals surface area (Å²) in [5, 5.41) is 27.5. The normalized spacial score (nSPS) is 12.1. The van der Waals surface area contributed by atoms with Crippen LogP contribution in [0.25, 0.3) is 33.2 Å². The summed E-state index contributed by atoms with van der Waals surface area (Å²) in [5.74, 6) is 0. The number of benzene rings is 6. The number of nitrogens with zero attached hydrogens (tertiary/aromatic N) is 2. The maximum absolute atomic E-state index is 16.4. The summed E-state index contributed by atoms with van der Waals surface area (Å²) >= 11 is 0. The second-order valence-corrected chi connectivity index (χ2v) is 17.5. The molecule has 8 heteroatoms. The summed E-state index contributed by atoms with van der Waals surface area (Å²) in [5.41, 5.74) is 2.22. The van der Waals surface area contributed by atoms with Gasteiger partial charge < -0.3 is 28.5 Å². The molecule has 0 saturated heterocycles. The van der Waals surface area contributed by atoms with Gasteiger partial charge in [0.2, 0.25) is 0 Å². The highest BCUT2D eigenvalue weighted by molar-refractivity contribution is 7.86. The number of hydrogen-bond acceptors (Lipinski definition) is 4. The molecule has 6 nitrogen and oxygen atoms in total. The van der Waals surface area contributed by atoms with Crippen LogP contribution in [-0.4, -0.2) is 19.3 Å². The van der Waals surface area contributed by atoms with Gasteiger partial charge in [0.05, 0.1) is 33.0 Å². The molecule has 0 atom stereocenters. The minimum atomic E-state index is -3.72. The number of hydrogen-bond donors (Lipinski definition) is 2. The Morgan fingerprint density at radius 1 is 0.380 bits per heavy atom.